The van der Waals surface area contributed by atoms with E-state index in [0.717, 1.165) is 21.5 Å². The van der Waals surface area contributed by atoms with Gasteiger partial charge in [-0.1, -0.05) is 6.07 Å². The Labute approximate surface area is 114 Å². The van der Waals surface area contributed by atoms with Crippen molar-refractivity contribution in [3.63, 3.8) is 0 Å². The Hall–Kier alpha value is -2.14. The van der Waals surface area contributed by atoms with Crippen molar-refractivity contribution >= 4 is 22.2 Å². The normalized spacial score (nSPS) is 10.6. The van der Waals surface area contributed by atoms with Gasteiger partial charge in [-0.05, 0) is 17.5 Å². The molecular formula is C14H12N2O2S. The summed E-state index contributed by atoms with van der Waals surface area (Å²) in [6.45, 7) is 0. The lowest BCUT2D eigenvalue weighted by molar-refractivity contribution is 0.356. The number of methoxy groups -OCH3 is 2. The Morgan fingerprint density at radius 1 is 1.05 bits per heavy atom. The first-order valence-electron chi connectivity index (χ1n) is 5.74. The van der Waals surface area contributed by atoms with Crippen molar-refractivity contribution in [2.24, 2.45) is 0 Å². The zero-order chi connectivity index (χ0) is 13.2. The maximum Gasteiger partial charge on any atom is 0.162 e. The van der Waals surface area contributed by atoms with Crippen LogP contribution in [0.1, 0.15) is 0 Å². The molecule has 96 valence electrons. The van der Waals surface area contributed by atoms with Crippen molar-refractivity contribution in [1.29, 1.82) is 0 Å². The summed E-state index contributed by atoms with van der Waals surface area (Å²) in [5, 5.41) is 2.99. The van der Waals surface area contributed by atoms with Gasteiger partial charge in [-0.2, -0.15) is 0 Å². The summed E-state index contributed by atoms with van der Waals surface area (Å²) < 4.78 is 10.6. The van der Waals surface area contributed by atoms with Gasteiger partial charge in [0.05, 0.1) is 30.3 Å². The molecule has 2 heterocycles. The fraction of sp³-hybridized carbons (Fsp3) is 0.143. The molecule has 0 spiro atoms. The molecule has 0 amide bonds. The second-order valence-electron chi connectivity index (χ2n) is 3.92. The van der Waals surface area contributed by atoms with Crippen LogP contribution < -0.4 is 9.47 Å². The standard InChI is InChI=1S/C14H12N2O2S/c1-17-11-6-9-10(7-12(11)18-2)15-8-16-14(9)13-4-3-5-19-13/h3-8H,1-2H3. The molecule has 0 fully saturated rings. The average Bonchev–Trinajstić information content (AvgIpc) is 2.99. The number of rotatable bonds is 3. The predicted octanol–water partition coefficient (Wildman–Crippen LogP) is 3.38. The maximum absolute atomic E-state index is 5.34. The molecule has 2 aromatic heterocycles. The van der Waals surface area contributed by atoms with Crippen molar-refractivity contribution in [2.75, 3.05) is 14.2 Å². The van der Waals surface area contributed by atoms with Gasteiger partial charge < -0.3 is 9.47 Å². The van der Waals surface area contributed by atoms with E-state index < -0.39 is 0 Å². The fourth-order valence-corrected chi connectivity index (χ4v) is 2.73. The number of nitrogens with zero attached hydrogens (tertiary/aromatic N) is 2. The molecule has 0 radical (unpaired) electrons. The van der Waals surface area contributed by atoms with E-state index in [0.29, 0.717) is 11.5 Å². The molecule has 0 N–H and O–H groups in total. The fourth-order valence-electron chi connectivity index (χ4n) is 1.99. The zero-order valence-electron chi connectivity index (χ0n) is 10.6. The monoisotopic (exact) mass is 272 g/mol. The smallest absolute Gasteiger partial charge is 0.162 e. The number of thiophene rings is 1. The van der Waals surface area contributed by atoms with Crippen LogP contribution in [0, 0.1) is 0 Å². The largest absolute Gasteiger partial charge is 0.493 e. The minimum Gasteiger partial charge on any atom is -0.493 e. The Kier molecular flexibility index (Phi) is 3.05. The van der Waals surface area contributed by atoms with Gasteiger partial charge in [0.25, 0.3) is 0 Å². The Balaban J connectivity index is 2.30. The molecule has 0 bridgehead atoms. The molecule has 3 rings (SSSR count). The molecule has 0 atom stereocenters. The summed E-state index contributed by atoms with van der Waals surface area (Å²) in [5.74, 6) is 1.36. The Bertz CT molecular complexity index is 711. The highest BCUT2D eigenvalue weighted by atomic mass is 32.1. The third-order valence-corrected chi connectivity index (χ3v) is 3.77. The van der Waals surface area contributed by atoms with E-state index in [1.54, 1.807) is 31.9 Å². The van der Waals surface area contributed by atoms with Gasteiger partial charge in [-0.25, -0.2) is 9.97 Å². The van der Waals surface area contributed by atoms with Crippen LogP contribution in [0.15, 0.2) is 36.0 Å². The molecule has 0 saturated carbocycles. The number of aromatic nitrogens is 2. The molecule has 0 aliphatic rings. The summed E-state index contributed by atoms with van der Waals surface area (Å²) in [4.78, 5) is 9.79. The third-order valence-electron chi connectivity index (χ3n) is 2.90. The highest BCUT2D eigenvalue weighted by molar-refractivity contribution is 7.13. The number of fused-ring (bicyclic) bond motifs is 1. The summed E-state index contributed by atoms with van der Waals surface area (Å²) in [6.07, 6.45) is 1.57. The quantitative estimate of drug-likeness (QED) is 0.733. The van der Waals surface area contributed by atoms with Crippen molar-refractivity contribution in [3.05, 3.63) is 36.0 Å². The topological polar surface area (TPSA) is 44.2 Å². The molecular weight excluding hydrogens is 260 g/mol. The lowest BCUT2D eigenvalue weighted by Crippen LogP contribution is -1.93. The van der Waals surface area contributed by atoms with Crippen molar-refractivity contribution < 1.29 is 9.47 Å². The van der Waals surface area contributed by atoms with E-state index in [1.807, 2.05) is 29.6 Å². The summed E-state index contributed by atoms with van der Waals surface area (Å²) in [7, 11) is 3.24. The number of hydrogen-bond donors (Lipinski definition) is 0. The first kappa shape index (κ1) is 11.9. The van der Waals surface area contributed by atoms with Gasteiger partial charge in [0, 0.05) is 11.5 Å². The number of ether oxygens (including phenoxy) is 2. The van der Waals surface area contributed by atoms with Crippen LogP contribution in [0.2, 0.25) is 0 Å². The average molecular weight is 272 g/mol. The summed E-state index contributed by atoms with van der Waals surface area (Å²) in [6, 6.07) is 7.84. The van der Waals surface area contributed by atoms with Crippen LogP contribution in [-0.2, 0) is 0 Å². The Morgan fingerprint density at radius 3 is 2.53 bits per heavy atom. The molecule has 4 nitrogen and oxygen atoms in total. The molecule has 1 aromatic carbocycles. The molecule has 0 aliphatic heterocycles. The molecule has 0 unspecified atom stereocenters. The summed E-state index contributed by atoms with van der Waals surface area (Å²) in [5.41, 5.74) is 1.76. The van der Waals surface area contributed by atoms with Crippen molar-refractivity contribution in [1.82, 2.24) is 9.97 Å². The third kappa shape index (κ3) is 2.02. The van der Waals surface area contributed by atoms with Gasteiger partial charge in [0.15, 0.2) is 11.5 Å². The van der Waals surface area contributed by atoms with Crippen LogP contribution in [0.5, 0.6) is 11.5 Å². The lowest BCUT2D eigenvalue weighted by Gasteiger charge is -2.10. The van der Waals surface area contributed by atoms with E-state index in [2.05, 4.69) is 9.97 Å². The highest BCUT2D eigenvalue weighted by Crippen LogP contribution is 2.36. The SMILES string of the molecule is COc1cc2ncnc(-c3cccs3)c2cc1OC. The first-order chi connectivity index (χ1) is 9.33. The second-order valence-corrected chi connectivity index (χ2v) is 4.87. The van der Waals surface area contributed by atoms with E-state index in [4.69, 9.17) is 9.47 Å². The van der Waals surface area contributed by atoms with Crippen LogP contribution in [-0.4, -0.2) is 24.2 Å². The second kappa shape index (κ2) is 4.85. The van der Waals surface area contributed by atoms with Crippen LogP contribution in [0.3, 0.4) is 0 Å². The minimum atomic E-state index is 0.672. The van der Waals surface area contributed by atoms with E-state index in [1.165, 1.54) is 0 Å². The molecule has 5 heteroatoms. The molecule has 0 saturated heterocycles. The van der Waals surface area contributed by atoms with Crippen molar-refractivity contribution in [3.8, 4) is 22.1 Å². The minimum absolute atomic E-state index is 0.672. The van der Waals surface area contributed by atoms with E-state index >= 15 is 0 Å². The van der Waals surface area contributed by atoms with Gasteiger partial charge in [-0.15, -0.1) is 11.3 Å². The first-order valence-corrected chi connectivity index (χ1v) is 6.62. The summed E-state index contributed by atoms with van der Waals surface area (Å²) >= 11 is 1.65. The van der Waals surface area contributed by atoms with E-state index in [-0.39, 0.29) is 0 Å². The molecule has 3 aromatic rings. The highest BCUT2D eigenvalue weighted by Gasteiger charge is 2.12. The zero-order valence-corrected chi connectivity index (χ0v) is 11.4. The Morgan fingerprint density at radius 2 is 1.84 bits per heavy atom. The number of benzene rings is 1. The molecule has 19 heavy (non-hydrogen) atoms. The lowest BCUT2D eigenvalue weighted by atomic mass is 10.1. The van der Waals surface area contributed by atoms with Crippen LogP contribution in [0.4, 0.5) is 0 Å². The van der Waals surface area contributed by atoms with Gasteiger partial charge >= 0.3 is 0 Å². The number of hydrogen-bond acceptors (Lipinski definition) is 5. The van der Waals surface area contributed by atoms with E-state index in [9.17, 15) is 0 Å². The predicted molar refractivity (Wildman–Crippen MR) is 76.0 cm³/mol. The van der Waals surface area contributed by atoms with Crippen molar-refractivity contribution in [2.45, 2.75) is 0 Å². The maximum atomic E-state index is 5.34. The van der Waals surface area contributed by atoms with Gasteiger partial charge in [0.2, 0.25) is 0 Å². The van der Waals surface area contributed by atoms with Gasteiger partial charge in [-0.3, -0.25) is 0 Å². The van der Waals surface area contributed by atoms with Crippen LogP contribution >= 0.6 is 11.3 Å². The van der Waals surface area contributed by atoms with Gasteiger partial charge in [0.1, 0.15) is 6.33 Å². The molecule has 0 aliphatic carbocycles. The van der Waals surface area contributed by atoms with Crippen LogP contribution in [0.25, 0.3) is 21.5 Å².